The van der Waals surface area contributed by atoms with Crippen molar-refractivity contribution < 1.29 is 57.1 Å². The summed E-state index contributed by atoms with van der Waals surface area (Å²) in [6.45, 7) is 0. The van der Waals surface area contributed by atoms with Crippen molar-refractivity contribution in [1.82, 2.24) is 0 Å². The van der Waals surface area contributed by atoms with Crippen molar-refractivity contribution in [1.29, 1.82) is 0 Å². The van der Waals surface area contributed by atoms with Crippen LogP contribution in [0.25, 0.3) is 0 Å². The average Bonchev–Trinajstić information content (AvgIpc) is 3.51. The maximum absolute atomic E-state index is 13.4. The van der Waals surface area contributed by atoms with Gasteiger partial charge >= 0.3 is 23.9 Å². The van der Waals surface area contributed by atoms with Gasteiger partial charge in [-0.1, -0.05) is 0 Å². The van der Waals surface area contributed by atoms with E-state index in [0.717, 1.165) is 14.2 Å². The van der Waals surface area contributed by atoms with Crippen LogP contribution in [0.5, 0.6) is 0 Å². The Morgan fingerprint density at radius 1 is 0.714 bits per heavy atom. The summed E-state index contributed by atoms with van der Waals surface area (Å²) in [5, 5.41) is 0. The van der Waals surface area contributed by atoms with E-state index >= 15 is 0 Å². The van der Waals surface area contributed by atoms with E-state index in [4.69, 9.17) is 61.1 Å². The Bertz CT molecular complexity index is 961. The number of rotatable bonds is 6. The quantitative estimate of drug-likeness (QED) is 0.190. The molecule has 8 atom stereocenters. The van der Waals surface area contributed by atoms with Crippen molar-refractivity contribution in [3.05, 3.63) is 0 Å². The van der Waals surface area contributed by atoms with E-state index in [2.05, 4.69) is 0 Å². The van der Waals surface area contributed by atoms with Gasteiger partial charge in [-0.25, -0.2) is 19.2 Å². The fourth-order valence-corrected chi connectivity index (χ4v) is 9.26. The van der Waals surface area contributed by atoms with E-state index in [0.29, 0.717) is 0 Å². The molecule has 2 aliphatic heterocycles. The first-order valence-corrected chi connectivity index (χ1v) is 11.4. The predicted molar refractivity (Wildman–Crippen MR) is 111 cm³/mol. The standard InChI is InChI=1S/C21H24Cl2O12/c1-28-14(26)18-8-7-9-11(10(8)16(22,12(24)34-18)20(18,30-3)31-4)17(23)13(25)35-19(9,15(27)29-2)21(17,32-5)33-6/h8-11H,7H2,1-6H3/t8-,9-,10-,11-,16+,17+,18+,19+/m1/s1. The van der Waals surface area contributed by atoms with Crippen molar-refractivity contribution in [2.75, 3.05) is 42.7 Å². The summed E-state index contributed by atoms with van der Waals surface area (Å²) in [6, 6.07) is 0. The molecule has 5 rings (SSSR count). The number of fused-ring (bicyclic) bond motifs is 11. The Morgan fingerprint density at radius 2 is 1.03 bits per heavy atom. The fraction of sp³-hybridized carbons (Fsp3) is 0.810. The number of hydrogen-bond donors (Lipinski definition) is 0. The predicted octanol–water partition coefficient (Wildman–Crippen LogP) is -0.247. The van der Waals surface area contributed by atoms with Gasteiger partial charge in [-0.15, -0.1) is 23.2 Å². The molecule has 0 aromatic heterocycles. The van der Waals surface area contributed by atoms with Gasteiger partial charge in [-0.2, -0.15) is 0 Å². The molecule has 2 saturated heterocycles. The topological polar surface area (TPSA) is 142 Å². The highest BCUT2D eigenvalue weighted by Gasteiger charge is 3.01. The number of hydrogen-bond acceptors (Lipinski definition) is 12. The minimum Gasteiger partial charge on any atom is -0.466 e. The van der Waals surface area contributed by atoms with Crippen LogP contribution in [0.15, 0.2) is 0 Å². The van der Waals surface area contributed by atoms with Crippen LogP contribution in [0.1, 0.15) is 6.42 Å². The van der Waals surface area contributed by atoms with Crippen molar-refractivity contribution >= 4 is 47.1 Å². The summed E-state index contributed by atoms with van der Waals surface area (Å²) < 4.78 is 43.8. The van der Waals surface area contributed by atoms with Crippen molar-refractivity contribution in [3.8, 4) is 0 Å². The lowest BCUT2D eigenvalue weighted by Crippen LogP contribution is -2.65. The maximum atomic E-state index is 13.4. The van der Waals surface area contributed by atoms with Crippen LogP contribution in [0, 0.1) is 23.7 Å². The van der Waals surface area contributed by atoms with Gasteiger partial charge < -0.3 is 37.9 Å². The molecule has 2 heterocycles. The van der Waals surface area contributed by atoms with Crippen LogP contribution in [-0.4, -0.2) is 99.1 Å². The molecular weight excluding hydrogens is 515 g/mol. The second kappa shape index (κ2) is 6.99. The molecule has 3 saturated carbocycles. The number of halogens is 2. The monoisotopic (exact) mass is 538 g/mol. The summed E-state index contributed by atoms with van der Waals surface area (Å²) in [7, 11) is 7.02. The van der Waals surface area contributed by atoms with Crippen molar-refractivity contribution in [2.24, 2.45) is 23.7 Å². The third-order valence-electron chi connectivity index (χ3n) is 8.89. The van der Waals surface area contributed by atoms with Gasteiger partial charge in [0.2, 0.25) is 9.75 Å². The first-order chi connectivity index (χ1) is 16.4. The zero-order valence-electron chi connectivity index (χ0n) is 19.7. The van der Waals surface area contributed by atoms with Crippen molar-refractivity contribution in [3.63, 3.8) is 0 Å². The Kier molecular flexibility index (Phi) is 4.98. The summed E-state index contributed by atoms with van der Waals surface area (Å²) in [5.74, 6) is -12.4. The lowest BCUT2D eigenvalue weighted by molar-refractivity contribution is -0.281. The number of esters is 4. The maximum Gasteiger partial charge on any atom is 0.356 e. The minimum atomic E-state index is -2.17. The zero-order valence-corrected chi connectivity index (χ0v) is 21.2. The van der Waals surface area contributed by atoms with Gasteiger partial charge in [0.15, 0.2) is 0 Å². The van der Waals surface area contributed by atoms with Gasteiger partial charge in [0.1, 0.15) is 0 Å². The van der Waals surface area contributed by atoms with Crippen LogP contribution in [0.4, 0.5) is 0 Å². The smallest absolute Gasteiger partial charge is 0.356 e. The summed E-state index contributed by atoms with van der Waals surface area (Å²) in [6.07, 6.45) is -0.0635. The van der Waals surface area contributed by atoms with Crippen LogP contribution >= 0.6 is 23.2 Å². The zero-order chi connectivity index (χ0) is 26.0. The summed E-state index contributed by atoms with van der Waals surface area (Å²) in [5.41, 5.74) is -4.34. The van der Waals surface area contributed by atoms with E-state index in [1.54, 1.807) is 0 Å². The molecular formula is C21H24Cl2O12. The van der Waals surface area contributed by atoms with E-state index in [9.17, 15) is 19.2 Å². The lowest BCUT2D eigenvalue weighted by Gasteiger charge is -2.41. The molecule has 12 nitrogen and oxygen atoms in total. The van der Waals surface area contributed by atoms with Crippen LogP contribution in [0.3, 0.4) is 0 Å². The van der Waals surface area contributed by atoms with Crippen LogP contribution in [-0.2, 0) is 57.1 Å². The molecule has 0 aromatic rings. The fourth-order valence-electron chi connectivity index (χ4n) is 8.01. The second-order valence-electron chi connectivity index (χ2n) is 9.21. The third-order valence-corrected chi connectivity index (χ3v) is 10.2. The molecule has 0 amide bonds. The van der Waals surface area contributed by atoms with Gasteiger partial charge in [-0.3, -0.25) is 0 Å². The Morgan fingerprint density at radius 3 is 1.29 bits per heavy atom. The molecule has 5 aliphatic rings. The molecule has 0 aromatic carbocycles. The number of alkyl halides is 2. The molecule has 0 N–H and O–H groups in total. The highest BCUT2D eigenvalue weighted by Crippen LogP contribution is 2.81. The van der Waals surface area contributed by atoms with E-state index in [1.807, 2.05) is 0 Å². The second-order valence-corrected chi connectivity index (χ2v) is 10.4. The average molecular weight is 539 g/mol. The normalized spacial score (nSPS) is 47.2. The highest BCUT2D eigenvalue weighted by molar-refractivity contribution is 6.39. The molecule has 194 valence electrons. The van der Waals surface area contributed by atoms with E-state index < -0.39 is 80.1 Å². The Labute approximate surface area is 209 Å². The molecule has 5 fully saturated rings. The SMILES string of the molecule is COC(=O)[C@@]12OC(=O)[C@@](Cl)([C@H]3[C@H]4[C@@H](C[C@H]31)[C@@]1(C(=O)OC)OC(=O)[C@]4(Cl)C1(OC)OC)C2(OC)OC. The molecule has 4 bridgehead atoms. The number of carbonyl (C=O) groups excluding carboxylic acids is 4. The number of ether oxygens (including phenoxy) is 8. The van der Waals surface area contributed by atoms with Crippen LogP contribution < -0.4 is 0 Å². The van der Waals surface area contributed by atoms with E-state index in [-0.39, 0.29) is 6.42 Å². The molecule has 14 heteroatoms. The molecule has 0 unspecified atom stereocenters. The third kappa shape index (κ3) is 1.92. The first-order valence-electron chi connectivity index (χ1n) is 10.7. The number of methoxy groups -OCH3 is 6. The Hall–Kier alpha value is -1.70. The summed E-state index contributed by atoms with van der Waals surface area (Å²) in [4.78, 5) is 49.0. The van der Waals surface area contributed by atoms with Gasteiger partial charge in [0.05, 0.1) is 14.2 Å². The van der Waals surface area contributed by atoms with Gasteiger partial charge in [-0.05, 0) is 6.42 Å². The first kappa shape index (κ1) is 25.0. The summed E-state index contributed by atoms with van der Waals surface area (Å²) >= 11 is 14.1. The van der Waals surface area contributed by atoms with E-state index in [1.165, 1.54) is 28.4 Å². The number of carbonyl (C=O) groups is 4. The van der Waals surface area contributed by atoms with Crippen molar-refractivity contribution in [2.45, 2.75) is 38.9 Å². The largest absolute Gasteiger partial charge is 0.466 e. The van der Waals surface area contributed by atoms with Crippen LogP contribution in [0.2, 0.25) is 0 Å². The lowest BCUT2D eigenvalue weighted by atomic mass is 9.74. The Balaban J connectivity index is 1.83. The molecule has 0 spiro atoms. The molecule has 0 radical (unpaired) electrons. The van der Waals surface area contributed by atoms with Gasteiger partial charge in [0, 0.05) is 52.1 Å². The molecule has 35 heavy (non-hydrogen) atoms. The highest BCUT2D eigenvalue weighted by atomic mass is 35.5. The minimum absolute atomic E-state index is 0.0635. The molecule has 3 aliphatic carbocycles. The van der Waals surface area contributed by atoms with Gasteiger partial charge in [0.25, 0.3) is 22.8 Å².